The fourth-order valence-electron chi connectivity index (χ4n) is 5.65. The van der Waals surface area contributed by atoms with Gasteiger partial charge in [-0.25, -0.2) is 4.39 Å². The quantitative estimate of drug-likeness (QED) is 0.292. The van der Waals surface area contributed by atoms with E-state index in [-0.39, 0.29) is 29.8 Å². The highest BCUT2D eigenvalue weighted by Gasteiger charge is 2.41. The van der Waals surface area contributed by atoms with Gasteiger partial charge >= 0.3 is 0 Å². The smallest absolute Gasteiger partial charge is 0.232 e. The lowest BCUT2D eigenvalue weighted by atomic mass is 9.78. The maximum absolute atomic E-state index is 14.1. The molecule has 0 fully saturated rings. The summed E-state index contributed by atoms with van der Waals surface area (Å²) in [5.41, 5.74) is 5.35. The number of Topliss-reactive ketones (excluding diaryl/α,β-unsaturated/α-hetero) is 1. The molecule has 2 atom stereocenters. The van der Waals surface area contributed by atoms with Crippen LogP contribution >= 0.6 is 11.6 Å². The van der Waals surface area contributed by atoms with Gasteiger partial charge in [0.25, 0.3) is 0 Å². The summed E-state index contributed by atoms with van der Waals surface area (Å²) in [7, 11) is 0. The zero-order chi connectivity index (χ0) is 26.9. The summed E-state index contributed by atoms with van der Waals surface area (Å²) >= 11 is 6.12. The highest BCUT2D eigenvalue weighted by Crippen LogP contribution is 2.47. The molecule has 2 aliphatic rings. The molecule has 0 spiro atoms. The van der Waals surface area contributed by atoms with E-state index < -0.39 is 6.04 Å². The van der Waals surface area contributed by atoms with Gasteiger partial charge in [-0.1, -0.05) is 78.3 Å². The van der Waals surface area contributed by atoms with Crippen molar-refractivity contribution >= 4 is 34.7 Å². The molecule has 0 saturated carbocycles. The second kappa shape index (κ2) is 10.5. The number of rotatable bonds is 4. The van der Waals surface area contributed by atoms with Gasteiger partial charge in [-0.05, 0) is 65.4 Å². The van der Waals surface area contributed by atoms with Crippen LogP contribution < -0.4 is 10.2 Å². The molecule has 0 bridgehead atoms. The van der Waals surface area contributed by atoms with Crippen LogP contribution in [-0.2, 0) is 16.0 Å². The molecular formula is C33H26ClFN2O2. The van der Waals surface area contributed by atoms with E-state index >= 15 is 0 Å². The number of para-hydroxylation sites is 2. The summed E-state index contributed by atoms with van der Waals surface area (Å²) in [5.74, 6) is -0.594. The molecule has 6 heteroatoms. The maximum atomic E-state index is 14.1. The average Bonchev–Trinajstić information content (AvgIpc) is 3.09. The molecule has 0 radical (unpaired) electrons. The molecule has 2 unspecified atom stereocenters. The molecule has 39 heavy (non-hydrogen) atoms. The molecule has 0 saturated heterocycles. The highest BCUT2D eigenvalue weighted by molar-refractivity contribution is 6.30. The van der Waals surface area contributed by atoms with Crippen LogP contribution in [-0.4, -0.2) is 11.7 Å². The van der Waals surface area contributed by atoms with E-state index in [1.54, 1.807) is 17.0 Å². The predicted octanol–water partition coefficient (Wildman–Crippen LogP) is 7.62. The van der Waals surface area contributed by atoms with Gasteiger partial charge in [0.15, 0.2) is 5.78 Å². The molecule has 4 aromatic carbocycles. The van der Waals surface area contributed by atoms with Crippen molar-refractivity contribution in [3.63, 3.8) is 0 Å². The molecule has 1 N–H and O–H groups in total. The third kappa shape index (κ3) is 4.98. The minimum absolute atomic E-state index is 0.0337. The summed E-state index contributed by atoms with van der Waals surface area (Å²) < 4.78 is 14.0. The largest absolute Gasteiger partial charge is 0.357 e. The van der Waals surface area contributed by atoms with Crippen molar-refractivity contribution in [1.82, 2.24) is 0 Å². The van der Waals surface area contributed by atoms with Crippen molar-refractivity contribution in [2.75, 3.05) is 10.2 Å². The van der Waals surface area contributed by atoms with Gasteiger partial charge in [-0.15, -0.1) is 0 Å². The maximum Gasteiger partial charge on any atom is 0.232 e. The Kier molecular flexibility index (Phi) is 6.76. The minimum atomic E-state index is -0.702. The van der Waals surface area contributed by atoms with Crippen LogP contribution in [0.1, 0.15) is 41.5 Å². The van der Waals surface area contributed by atoms with Crippen LogP contribution in [0, 0.1) is 5.82 Å². The normalized spacial score (nSPS) is 18.6. The Bertz CT molecular complexity index is 1570. The van der Waals surface area contributed by atoms with Crippen LogP contribution in [0.25, 0.3) is 0 Å². The molecule has 1 amide bonds. The van der Waals surface area contributed by atoms with Gasteiger partial charge in [0.05, 0.1) is 23.8 Å². The van der Waals surface area contributed by atoms with Gasteiger partial charge in [0, 0.05) is 22.7 Å². The highest BCUT2D eigenvalue weighted by atomic mass is 35.5. The van der Waals surface area contributed by atoms with E-state index in [2.05, 4.69) is 5.32 Å². The number of amides is 1. The zero-order valence-corrected chi connectivity index (χ0v) is 21.9. The molecule has 1 aliphatic heterocycles. The first-order valence-electron chi connectivity index (χ1n) is 13.0. The lowest BCUT2D eigenvalue weighted by Crippen LogP contribution is -2.39. The number of hydrogen-bond donors (Lipinski definition) is 1. The van der Waals surface area contributed by atoms with Crippen molar-refractivity contribution in [2.45, 2.75) is 31.2 Å². The molecular weight excluding hydrogens is 511 g/mol. The summed E-state index contributed by atoms with van der Waals surface area (Å²) in [5, 5.41) is 4.17. The van der Waals surface area contributed by atoms with E-state index in [4.69, 9.17) is 11.6 Å². The van der Waals surface area contributed by atoms with Crippen molar-refractivity contribution < 1.29 is 14.0 Å². The minimum Gasteiger partial charge on any atom is -0.357 e. The van der Waals surface area contributed by atoms with Crippen molar-refractivity contribution in [3.8, 4) is 0 Å². The monoisotopic (exact) mass is 536 g/mol. The number of fused-ring (bicyclic) bond motifs is 1. The standard InChI is InChI=1S/C33H26ClFN2O2/c34-25-14-10-22(11-15-25)24-19-28-32(30(38)20-24)33(23-12-16-26(35)17-13-23)37(29-9-5-4-8-27(29)36-28)31(39)18-21-6-2-1-3-7-21/h1-17,24,33,36H,18-20H2. The Hall–Kier alpha value is -4.22. The van der Waals surface area contributed by atoms with Gasteiger partial charge in [0.2, 0.25) is 5.91 Å². The summed E-state index contributed by atoms with van der Waals surface area (Å²) in [4.78, 5) is 29.8. The van der Waals surface area contributed by atoms with E-state index in [0.717, 1.165) is 22.5 Å². The number of carbonyl (C=O) groups is 2. The molecule has 0 aromatic heterocycles. The van der Waals surface area contributed by atoms with Crippen molar-refractivity contribution in [1.29, 1.82) is 0 Å². The SMILES string of the molecule is O=C1CC(c2ccc(Cl)cc2)CC2=C1C(c1ccc(F)cc1)N(C(=O)Cc1ccccc1)c1ccccc1N2. The van der Waals surface area contributed by atoms with E-state index in [9.17, 15) is 14.0 Å². The van der Waals surface area contributed by atoms with E-state index in [1.807, 2.05) is 78.9 Å². The number of halogens is 2. The zero-order valence-electron chi connectivity index (χ0n) is 21.1. The van der Waals surface area contributed by atoms with E-state index in [1.165, 1.54) is 12.1 Å². The topological polar surface area (TPSA) is 49.4 Å². The summed E-state index contributed by atoms with van der Waals surface area (Å²) in [6.07, 6.45) is 1.06. The number of ketones is 1. The fraction of sp³-hybridized carbons (Fsp3) is 0.152. The Balaban J connectivity index is 1.51. The molecule has 194 valence electrons. The van der Waals surface area contributed by atoms with Crippen molar-refractivity contribution in [2.24, 2.45) is 0 Å². The molecule has 1 heterocycles. The average molecular weight is 537 g/mol. The van der Waals surface area contributed by atoms with Crippen molar-refractivity contribution in [3.05, 3.63) is 142 Å². The lowest BCUT2D eigenvalue weighted by molar-refractivity contribution is -0.118. The second-order valence-electron chi connectivity index (χ2n) is 9.99. The summed E-state index contributed by atoms with van der Waals surface area (Å²) in [6.45, 7) is 0. The molecule has 6 rings (SSSR count). The number of anilines is 2. The van der Waals surface area contributed by atoms with Crippen LogP contribution in [0.15, 0.2) is 114 Å². The Labute approximate surface area is 231 Å². The third-order valence-corrected chi connectivity index (χ3v) is 7.73. The number of benzene rings is 4. The van der Waals surface area contributed by atoms with Crippen LogP contribution in [0.3, 0.4) is 0 Å². The van der Waals surface area contributed by atoms with Gasteiger partial charge in [-0.2, -0.15) is 0 Å². The number of allylic oxidation sites excluding steroid dienone is 1. The number of hydrogen-bond acceptors (Lipinski definition) is 3. The molecule has 4 aromatic rings. The lowest BCUT2D eigenvalue weighted by Gasteiger charge is -2.35. The number of carbonyl (C=O) groups excluding carboxylic acids is 2. The van der Waals surface area contributed by atoms with Crippen LogP contribution in [0.2, 0.25) is 5.02 Å². The Morgan fingerprint density at radius 3 is 2.26 bits per heavy atom. The van der Waals surface area contributed by atoms with Crippen LogP contribution in [0.4, 0.5) is 15.8 Å². The predicted molar refractivity (Wildman–Crippen MR) is 152 cm³/mol. The third-order valence-electron chi connectivity index (χ3n) is 7.48. The first-order chi connectivity index (χ1) is 19.0. The van der Waals surface area contributed by atoms with Crippen LogP contribution in [0.5, 0.6) is 0 Å². The molecule has 1 aliphatic carbocycles. The Morgan fingerprint density at radius 2 is 1.51 bits per heavy atom. The number of nitrogens with one attached hydrogen (secondary N) is 1. The first-order valence-corrected chi connectivity index (χ1v) is 13.3. The second-order valence-corrected chi connectivity index (χ2v) is 10.4. The van der Waals surface area contributed by atoms with Gasteiger partial charge in [0.1, 0.15) is 5.82 Å². The number of nitrogens with zero attached hydrogens (tertiary/aromatic N) is 1. The molecule has 4 nitrogen and oxygen atoms in total. The fourth-order valence-corrected chi connectivity index (χ4v) is 5.78. The summed E-state index contributed by atoms with van der Waals surface area (Å²) in [6, 6.07) is 30.1. The van der Waals surface area contributed by atoms with E-state index in [0.29, 0.717) is 34.7 Å². The van der Waals surface area contributed by atoms with Gasteiger partial charge in [-0.3, -0.25) is 14.5 Å². The first kappa shape index (κ1) is 25.1. The Morgan fingerprint density at radius 1 is 0.846 bits per heavy atom. The van der Waals surface area contributed by atoms with Gasteiger partial charge < -0.3 is 5.32 Å².